The SMILES string of the molecule is CCNC(C)C(C)(C)CN(C)Cc1ccncc1. The molecule has 0 aromatic carbocycles. The standard InChI is InChI=1S/C15H27N3/c1-6-17-13(2)15(3,4)12-18(5)11-14-7-9-16-10-8-14/h7-10,13,17H,6,11-12H2,1-5H3. The van der Waals surface area contributed by atoms with Gasteiger partial charge in [0.25, 0.3) is 0 Å². The highest BCUT2D eigenvalue weighted by atomic mass is 15.1. The van der Waals surface area contributed by atoms with E-state index >= 15 is 0 Å². The van der Waals surface area contributed by atoms with E-state index in [0.29, 0.717) is 6.04 Å². The molecule has 0 aliphatic rings. The number of nitrogens with one attached hydrogen (secondary N) is 1. The average molecular weight is 249 g/mol. The molecule has 0 spiro atoms. The highest BCUT2D eigenvalue weighted by Crippen LogP contribution is 2.22. The first kappa shape index (κ1) is 15.1. The van der Waals surface area contributed by atoms with Crippen molar-refractivity contribution in [3.05, 3.63) is 30.1 Å². The molecule has 1 aromatic heterocycles. The summed E-state index contributed by atoms with van der Waals surface area (Å²) >= 11 is 0. The molecule has 18 heavy (non-hydrogen) atoms. The van der Waals surface area contributed by atoms with Gasteiger partial charge in [0.15, 0.2) is 0 Å². The first-order chi connectivity index (χ1) is 8.45. The van der Waals surface area contributed by atoms with Crippen LogP contribution in [0.2, 0.25) is 0 Å². The summed E-state index contributed by atoms with van der Waals surface area (Å²) in [5.41, 5.74) is 1.58. The van der Waals surface area contributed by atoms with Gasteiger partial charge in [-0.2, -0.15) is 0 Å². The van der Waals surface area contributed by atoms with Gasteiger partial charge < -0.3 is 10.2 Å². The molecule has 1 unspecified atom stereocenters. The summed E-state index contributed by atoms with van der Waals surface area (Å²) in [5.74, 6) is 0. The van der Waals surface area contributed by atoms with Gasteiger partial charge in [-0.3, -0.25) is 4.98 Å². The molecule has 3 nitrogen and oxygen atoms in total. The van der Waals surface area contributed by atoms with Crippen molar-refractivity contribution in [2.45, 2.75) is 40.3 Å². The van der Waals surface area contributed by atoms with Crippen molar-refractivity contribution in [1.29, 1.82) is 0 Å². The fourth-order valence-electron chi connectivity index (χ4n) is 2.27. The van der Waals surface area contributed by atoms with E-state index in [1.165, 1.54) is 5.56 Å². The second-order valence-electron chi connectivity index (χ2n) is 5.80. The molecule has 1 heterocycles. The third-order valence-corrected chi connectivity index (χ3v) is 3.56. The molecule has 0 aliphatic carbocycles. The molecule has 1 rings (SSSR count). The molecule has 1 aromatic rings. The van der Waals surface area contributed by atoms with Gasteiger partial charge in [-0.05, 0) is 43.6 Å². The molecule has 0 fully saturated rings. The van der Waals surface area contributed by atoms with Gasteiger partial charge in [-0.15, -0.1) is 0 Å². The predicted molar refractivity (Wildman–Crippen MR) is 77.5 cm³/mol. The monoisotopic (exact) mass is 249 g/mol. The molecule has 0 amide bonds. The normalized spacial score (nSPS) is 13.9. The Morgan fingerprint density at radius 1 is 1.33 bits per heavy atom. The summed E-state index contributed by atoms with van der Waals surface area (Å²) in [5, 5.41) is 3.52. The van der Waals surface area contributed by atoms with E-state index in [0.717, 1.165) is 19.6 Å². The van der Waals surface area contributed by atoms with E-state index in [1.807, 2.05) is 12.4 Å². The Morgan fingerprint density at radius 2 is 1.94 bits per heavy atom. The largest absolute Gasteiger partial charge is 0.314 e. The maximum atomic E-state index is 4.05. The average Bonchev–Trinajstić information content (AvgIpc) is 2.29. The maximum absolute atomic E-state index is 4.05. The van der Waals surface area contributed by atoms with E-state index in [1.54, 1.807) is 0 Å². The second-order valence-corrected chi connectivity index (χ2v) is 5.80. The molecule has 3 heteroatoms. The molecule has 0 aliphatic heterocycles. The van der Waals surface area contributed by atoms with Crippen LogP contribution >= 0.6 is 0 Å². The minimum atomic E-state index is 0.262. The van der Waals surface area contributed by atoms with Crippen molar-refractivity contribution < 1.29 is 0 Å². The Bertz CT molecular complexity index is 335. The Kier molecular flexibility index (Phi) is 5.76. The highest BCUT2D eigenvalue weighted by molar-refractivity contribution is 5.09. The fourth-order valence-corrected chi connectivity index (χ4v) is 2.27. The summed E-state index contributed by atoms with van der Waals surface area (Å²) in [4.78, 5) is 6.43. The third-order valence-electron chi connectivity index (χ3n) is 3.56. The van der Waals surface area contributed by atoms with Gasteiger partial charge in [-0.25, -0.2) is 0 Å². The summed E-state index contributed by atoms with van der Waals surface area (Å²) in [7, 11) is 2.18. The lowest BCUT2D eigenvalue weighted by atomic mass is 9.84. The van der Waals surface area contributed by atoms with Gasteiger partial charge in [0.05, 0.1) is 0 Å². The number of hydrogen-bond donors (Lipinski definition) is 1. The van der Waals surface area contributed by atoms with Crippen LogP contribution in [0.1, 0.15) is 33.3 Å². The first-order valence-corrected chi connectivity index (χ1v) is 6.76. The van der Waals surface area contributed by atoms with E-state index in [4.69, 9.17) is 0 Å². The maximum Gasteiger partial charge on any atom is 0.0271 e. The van der Waals surface area contributed by atoms with Crippen molar-refractivity contribution in [1.82, 2.24) is 15.2 Å². The van der Waals surface area contributed by atoms with Crippen LogP contribution in [0.5, 0.6) is 0 Å². The first-order valence-electron chi connectivity index (χ1n) is 6.76. The Morgan fingerprint density at radius 3 is 2.50 bits per heavy atom. The van der Waals surface area contributed by atoms with Crippen LogP contribution in [-0.2, 0) is 6.54 Å². The van der Waals surface area contributed by atoms with Gasteiger partial charge in [0.1, 0.15) is 0 Å². The number of aromatic nitrogens is 1. The summed E-state index contributed by atoms with van der Waals surface area (Å²) in [6.07, 6.45) is 3.71. The van der Waals surface area contributed by atoms with Gasteiger partial charge in [0, 0.05) is 31.5 Å². The predicted octanol–water partition coefficient (Wildman–Crippen LogP) is 2.54. The minimum absolute atomic E-state index is 0.262. The quantitative estimate of drug-likeness (QED) is 0.805. The van der Waals surface area contributed by atoms with Crippen LogP contribution < -0.4 is 5.32 Å². The summed E-state index contributed by atoms with van der Waals surface area (Å²) in [6, 6.07) is 4.68. The highest BCUT2D eigenvalue weighted by Gasteiger charge is 2.26. The number of nitrogens with zero attached hydrogens (tertiary/aromatic N) is 2. The molecule has 1 atom stereocenters. The zero-order valence-corrected chi connectivity index (χ0v) is 12.4. The summed E-state index contributed by atoms with van der Waals surface area (Å²) in [6.45, 7) is 12.1. The number of rotatable bonds is 7. The van der Waals surface area contributed by atoms with Crippen LogP contribution in [0.3, 0.4) is 0 Å². The van der Waals surface area contributed by atoms with Crippen LogP contribution in [-0.4, -0.2) is 36.1 Å². The number of pyridine rings is 1. The van der Waals surface area contributed by atoms with Crippen LogP contribution in [0.25, 0.3) is 0 Å². The molecule has 1 N–H and O–H groups in total. The smallest absolute Gasteiger partial charge is 0.0271 e. The second kappa shape index (κ2) is 6.86. The molecule has 0 bridgehead atoms. The van der Waals surface area contributed by atoms with E-state index in [-0.39, 0.29) is 5.41 Å². The molecule has 0 saturated heterocycles. The van der Waals surface area contributed by atoms with E-state index < -0.39 is 0 Å². The van der Waals surface area contributed by atoms with Gasteiger partial charge in [0.2, 0.25) is 0 Å². The van der Waals surface area contributed by atoms with Crippen molar-refractivity contribution in [3.63, 3.8) is 0 Å². The Labute approximate surface area is 112 Å². The number of hydrogen-bond acceptors (Lipinski definition) is 3. The van der Waals surface area contributed by atoms with Crippen molar-refractivity contribution >= 4 is 0 Å². The molecule has 102 valence electrons. The van der Waals surface area contributed by atoms with Crippen LogP contribution in [0, 0.1) is 5.41 Å². The summed E-state index contributed by atoms with van der Waals surface area (Å²) < 4.78 is 0. The molecular formula is C15H27N3. The fraction of sp³-hybridized carbons (Fsp3) is 0.667. The zero-order valence-electron chi connectivity index (χ0n) is 12.4. The van der Waals surface area contributed by atoms with E-state index in [9.17, 15) is 0 Å². The van der Waals surface area contributed by atoms with Crippen molar-refractivity contribution in [3.8, 4) is 0 Å². The lowest BCUT2D eigenvalue weighted by molar-refractivity contribution is 0.161. The molecular weight excluding hydrogens is 222 g/mol. The lowest BCUT2D eigenvalue weighted by Gasteiger charge is -2.36. The molecule has 0 radical (unpaired) electrons. The zero-order chi connectivity index (χ0) is 13.6. The molecule has 0 saturated carbocycles. The van der Waals surface area contributed by atoms with Crippen LogP contribution in [0.15, 0.2) is 24.5 Å². The minimum Gasteiger partial charge on any atom is -0.314 e. The Hall–Kier alpha value is -0.930. The van der Waals surface area contributed by atoms with Crippen molar-refractivity contribution in [2.75, 3.05) is 20.1 Å². The lowest BCUT2D eigenvalue weighted by Crippen LogP contribution is -2.45. The Balaban J connectivity index is 2.51. The third kappa shape index (κ3) is 4.75. The van der Waals surface area contributed by atoms with E-state index in [2.05, 4.69) is 62.1 Å². The topological polar surface area (TPSA) is 28.2 Å². The van der Waals surface area contributed by atoms with Crippen molar-refractivity contribution in [2.24, 2.45) is 5.41 Å². The van der Waals surface area contributed by atoms with Crippen LogP contribution in [0.4, 0.5) is 0 Å². The van der Waals surface area contributed by atoms with Gasteiger partial charge in [-0.1, -0.05) is 20.8 Å². The van der Waals surface area contributed by atoms with Gasteiger partial charge >= 0.3 is 0 Å².